The van der Waals surface area contributed by atoms with E-state index in [1.165, 1.54) is 24.3 Å². The molecule has 6 heteroatoms. The zero-order valence-corrected chi connectivity index (χ0v) is 13.7. The predicted molar refractivity (Wildman–Crippen MR) is 93.3 cm³/mol. The number of aromatic nitrogens is 1. The minimum Gasteiger partial charge on any atom is -0.360 e. The molecule has 4 nitrogen and oxygen atoms in total. The number of rotatable bonds is 4. The van der Waals surface area contributed by atoms with E-state index in [0.717, 1.165) is 5.56 Å². The van der Waals surface area contributed by atoms with E-state index in [0.29, 0.717) is 16.9 Å². The molecule has 1 atom stereocenters. The molecule has 1 aromatic heterocycles. The second-order valence-corrected chi connectivity index (χ2v) is 6.05. The number of carbonyl (C=O) groups is 1. The number of amides is 1. The van der Waals surface area contributed by atoms with Crippen molar-refractivity contribution < 1.29 is 13.6 Å². The first-order chi connectivity index (χ1) is 12.6. The van der Waals surface area contributed by atoms with Gasteiger partial charge in [-0.05, 0) is 48.0 Å². The Morgan fingerprint density at radius 1 is 1.00 bits per heavy atom. The molecule has 1 aliphatic rings. The smallest absolute Gasteiger partial charge is 0.258 e. The van der Waals surface area contributed by atoms with Crippen molar-refractivity contribution in [2.75, 3.05) is 5.32 Å². The van der Waals surface area contributed by atoms with Crippen LogP contribution < -0.4 is 5.32 Å². The minimum absolute atomic E-state index is 0.175. The average molecular weight is 351 g/mol. The molecule has 1 N–H and O–H groups in total. The van der Waals surface area contributed by atoms with E-state index >= 15 is 0 Å². The monoisotopic (exact) mass is 351 g/mol. The van der Waals surface area contributed by atoms with E-state index in [4.69, 9.17) is 0 Å². The fraction of sp³-hybridized carbons (Fsp3) is 0.100. The summed E-state index contributed by atoms with van der Waals surface area (Å²) in [4.78, 5) is 18.8. The van der Waals surface area contributed by atoms with Gasteiger partial charge in [0.15, 0.2) is 0 Å². The maximum absolute atomic E-state index is 13.5. The van der Waals surface area contributed by atoms with Crippen molar-refractivity contribution in [2.45, 2.75) is 12.7 Å². The molecule has 0 radical (unpaired) electrons. The number of fused-ring (bicyclic) bond motifs is 1. The molecule has 1 unspecified atom stereocenters. The molecule has 0 fully saturated rings. The van der Waals surface area contributed by atoms with Gasteiger partial charge in [0.05, 0.1) is 11.3 Å². The molecule has 2 heterocycles. The van der Waals surface area contributed by atoms with Gasteiger partial charge in [-0.2, -0.15) is 0 Å². The van der Waals surface area contributed by atoms with Crippen molar-refractivity contribution in [3.8, 4) is 0 Å². The van der Waals surface area contributed by atoms with Gasteiger partial charge < -0.3 is 10.2 Å². The van der Waals surface area contributed by atoms with Crippen LogP contribution in [-0.2, 0) is 6.54 Å². The molecule has 0 saturated carbocycles. The second kappa shape index (κ2) is 6.55. The van der Waals surface area contributed by atoms with Gasteiger partial charge in [0.2, 0.25) is 0 Å². The van der Waals surface area contributed by atoms with E-state index in [2.05, 4.69) is 10.3 Å². The van der Waals surface area contributed by atoms with Crippen molar-refractivity contribution in [3.05, 3.63) is 95.3 Å². The van der Waals surface area contributed by atoms with Crippen LogP contribution >= 0.6 is 0 Å². The highest BCUT2D eigenvalue weighted by Crippen LogP contribution is 2.34. The van der Waals surface area contributed by atoms with E-state index in [1.807, 2.05) is 0 Å². The van der Waals surface area contributed by atoms with Crippen LogP contribution in [0.4, 0.5) is 14.5 Å². The first-order valence-corrected chi connectivity index (χ1v) is 8.14. The van der Waals surface area contributed by atoms with Crippen molar-refractivity contribution in [1.82, 2.24) is 9.88 Å². The zero-order valence-electron chi connectivity index (χ0n) is 13.7. The third-order valence-electron chi connectivity index (χ3n) is 4.29. The highest BCUT2D eigenvalue weighted by molar-refractivity contribution is 5.98. The van der Waals surface area contributed by atoms with Crippen LogP contribution in [0.2, 0.25) is 0 Å². The van der Waals surface area contributed by atoms with Crippen LogP contribution in [0.5, 0.6) is 0 Å². The van der Waals surface area contributed by atoms with Gasteiger partial charge in [0, 0.05) is 18.4 Å². The Bertz CT molecular complexity index is 959. The SMILES string of the molecule is O=C1c2cccnc2C(Nc2cccc(F)c2)N1Cc1ccc(F)cc1. The predicted octanol–water partition coefficient (Wildman–Crippen LogP) is 4.13. The number of nitrogens with one attached hydrogen (secondary N) is 1. The molecule has 0 bridgehead atoms. The standard InChI is InChI=1S/C20H15F2N3O/c21-14-8-6-13(7-9-14)12-25-19(24-16-4-1-3-15(22)11-16)18-17(20(25)26)5-2-10-23-18/h1-11,19,24H,12H2. The number of nitrogens with zero attached hydrogens (tertiary/aromatic N) is 2. The minimum atomic E-state index is -0.537. The van der Waals surface area contributed by atoms with Crippen molar-refractivity contribution >= 4 is 11.6 Å². The summed E-state index contributed by atoms with van der Waals surface area (Å²) < 4.78 is 26.7. The molecule has 1 aliphatic heterocycles. The molecule has 1 amide bonds. The summed E-state index contributed by atoms with van der Waals surface area (Å²) in [6.45, 7) is 0.280. The Labute approximate surface area is 149 Å². The van der Waals surface area contributed by atoms with Crippen LogP contribution in [0.25, 0.3) is 0 Å². The molecule has 3 aromatic rings. The van der Waals surface area contributed by atoms with Gasteiger partial charge in [-0.15, -0.1) is 0 Å². The summed E-state index contributed by atoms with van der Waals surface area (Å²) in [7, 11) is 0. The zero-order chi connectivity index (χ0) is 18.1. The Kier molecular flexibility index (Phi) is 4.08. The summed E-state index contributed by atoms with van der Waals surface area (Å²) in [5.41, 5.74) is 2.43. The summed E-state index contributed by atoms with van der Waals surface area (Å²) in [5, 5.41) is 3.18. The molecule has 4 rings (SSSR count). The fourth-order valence-corrected chi connectivity index (χ4v) is 3.07. The lowest BCUT2D eigenvalue weighted by atomic mass is 10.2. The van der Waals surface area contributed by atoms with E-state index in [9.17, 15) is 13.6 Å². The molecule has 0 spiro atoms. The first-order valence-electron chi connectivity index (χ1n) is 8.14. The molecule has 0 aliphatic carbocycles. The molecular formula is C20H15F2N3O. The quantitative estimate of drug-likeness (QED) is 0.769. The van der Waals surface area contributed by atoms with Gasteiger partial charge in [-0.25, -0.2) is 8.78 Å². The van der Waals surface area contributed by atoms with E-state index in [-0.39, 0.29) is 24.1 Å². The van der Waals surface area contributed by atoms with Crippen LogP contribution in [0.1, 0.15) is 27.8 Å². The Morgan fingerprint density at radius 3 is 2.58 bits per heavy atom. The lowest BCUT2D eigenvalue weighted by Gasteiger charge is -2.26. The van der Waals surface area contributed by atoms with Crippen LogP contribution in [0.3, 0.4) is 0 Å². The van der Waals surface area contributed by atoms with Gasteiger partial charge in [0.1, 0.15) is 17.8 Å². The molecule has 26 heavy (non-hydrogen) atoms. The maximum Gasteiger partial charge on any atom is 0.258 e. The fourth-order valence-electron chi connectivity index (χ4n) is 3.07. The summed E-state index contributed by atoms with van der Waals surface area (Å²) in [6.07, 6.45) is 1.08. The first kappa shape index (κ1) is 16.2. The van der Waals surface area contributed by atoms with Gasteiger partial charge >= 0.3 is 0 Å². The highest BCUT2D eigenvalue weighted by Gasteiger charge is 2.37. The van der Waals surface area contributed by atoms with Gasteiger partial charge in [-0.1, -0.05) is 18.2 Å². The number of hydrogen-bond donors (Lipinski definition) is 1. The van der Waals surface area contributed by atoms with Crippen LogP contribution in [0, 0.1) is 11.6 Å². The summed E-state index contributed by atoms with van der Waals surface area (Å²) >= 11 is 0. The van der Waals surface area contributed by atoms with Crippen LogP contribution in [0.15, 0.2) is 66.9 Å². The highest BCUT2D eigenvalue weighted by atomic mass is 19.1. The number of anilines is 1. The Morgan fingerprint density at radius 2 is 1.81 bits per heavy atom. The Hall–Kier alpha value is -3.28. The number of pyridine rings is 1. The Balaban J connectivity index is 1.68. The topological polar surface area (TPSA) is 45.2 Å². The molecule has 130 valence electrons. The van der Waals surface area contributed by atoms with Crippen LogP contribution in [-0.4, -0.2) is 15.8 Å². The number of benzene rings is 2. The molecule has 0 saturated heterocycles. The largest absolute Gasteiger partial charge is 0.360 e. The van der Waals surface area contributed by atoms with Crippen molar-refractivity contribution in [1.29, 1.82) is 0 Å². The third kappa shape index (κ3) is 3.01. The third-order valence-corrected chi connectivity index (χ3v) is 4.29. The average Bonchev–Trinajstić information content (AvgIpc) is 2.90. The van der Waals surface area contributed by atoms with E-state index in [1.54, 1.807) is 47.5 Å². The van der Waals surface area contributed by atoms with Crippen molar-refractivity contribution in [3.63, 3.8) is 0 Å². The normalized spacial score (nSPS) is 15.8. The number of hydrogen-bond acceptors (Lipinski definition) is 3. The molecular weight excluding hydrogens is 336 g/mol. The molecule has 2 aromatic carbocycles. The van der Waals surface area contributed by atoms with Crippen molar-refractivity contribution in [2.24, 2.45) is 0 Å². The van der Waals surface area contributed by atoms with E-state index < -0.39 is 6.17 Å². The maximum atomic E-state index is 13.5. The number of halogens is 2. The lowest BCUT2D eigenvalue weighted by Crippen LogP contribution is -2.32. The summed E-state index contributed by atoms with van der Waals surface area (Å²) in [5.74, 6) is -0.877. The summed E-state index contributed by atoms with van der Waals surface area (Å²) in [6, 6.07) is 15.5. The lowest BCUT2D eigenvalue weighted by molar-refractivity contribution is 0.0728. The number of carbonyl (C=O) groups excluding carboxylic acids is 1. The van der Waals surface area contributed by atoms with Gasteiger partial charge in [0.25, 0.3) is 5.91 Å². The van der Waals surface area contributed by atoms with Gasteiger partial charge in [-0.3, -0.25) is 9.78 Å². The second-order valence-electron chi connectivity index (χ2n) is 6.05.